The summed E-state index contributed by atoms with van der Waals surface area (Å²) in [4.78, 5) is 0. The van der Waals surface area contributed by atoms with Crippen molar-refractivity contribution >= 4 is 10.0 Å². The van der Waals surface area contributed by atoms with Crippen molar-refractivity contribution in [1.82, 2.24) is 10.0 Å². The lowest BCUT2D eigenvalue weighted by Crippen LogP contribution is -2.49. The van der Waals surface area contributed by atoms with Gasteiger partial charge in [0.1, 0.15) is 0 Å². The van der Waals surface area contributed by atoms with E-state index >= 15 is 0 Å². The topological polar surface area (TPSA) is 87.7 Å². The molecule has 0 spiro atoms. The third kappa shape index (κ3) is 6.33. The monoisotopic (exact) mass is 316 g/mol. The lowest BCUT2D eigenvalue weighted by Gasteiger charge is -2.25. The Morgan fingerprint density at radius 3 is 2.57 bits per heavy atom. The second-order valence-electron chi connectivity index (χ2n) is 5.56. The number of phenolic OH excluding ortho intramolecular Hbond substituents is 1. The van der Waals surface area contributed by atoms with Crippen LogP contribution in [0.3, 0.4) is 0 Å². The fraction of sp³-hybridized carbons (Fsp3) is 0.571. The van der Waals surface area contributed by atoms with Crippen LogP contribution in [0.15, 0.2) is 18.2 Å². The van der Waals surface area contributed by atoms with Crippen LogP contribution >= 0.6 is 0 Å². The number of nitrogens with one attached hydrogen (secondary N) is 2. The zero-order valence-electron chi connectivity index (χ0n) is 12.9. The minimum atomic E-state index is -3.26. The molecule has 0 aliphatic rings. The van der Waals surface area contributed by atoms with Crippen molar-refractivity contribution in [3.63, 3.8) is 0 Å². The Kier molecular flexibility index (Phi) is 6.00. The van der Waals surface area contributed by atoms with Crippen molar-refractivity contribution in [3.8, 4) is 11.5 Å². The average Bonchev–Trinajstić information content (AvgIpc) is 2.31. The molecule has 0 bridgehead atoms. The van der Waals surface area contributed by atoms with E-state index in [0.29, 0.717) is 31.0 Å². The number of ether oxygens (including phenoxy) is 1. The second-order valence-corrected chi connectivity index (χ2v) is 7.31. The van der Waals surface area contributed by atoms with Gasteiger partial charge in [-0.15, -0.1) is 0 Å². The summed E-state index contributed by atoms with van der Waals surface area (Å²) in [5.74, 6) is 0.561. The predicted molar refractivity (Wildman–Crippen MR) is 83.0 cm³/mol. The highest BCUT2D eigenvalue weighted by atomic mass is 32.2. The normalized spacial score (nSPS) is 12.4. The number of rotatable bonds is 8. The first-order chi connectivity index (χ1) is 9.64. The molecule has 6 nitrogen and oxygen atoms in total. The van der Waals surface area contributed by atoms with Crippen LogP contribution in [0.1, 0.15) is 26.3 Å². The van der Waals surface area contributed by atoms with Gasteiger partial charge in [0.15, 0.2) is 11.5 Å². The summed E-state index contributed by atoms with van der Waals surface area (Å²) in [5.41, 5.74) is 0.0943. The van der Waals surface area contributed by atoms with Gasteiger partial charge < -0.3 is 15.2 Å². The minimum Gasteiger partial charge on any atom is -0.504 e. The quantitative estimate of drug-likeness (QED) is 0.671. The number of hydrogen-bond acceptors (Lipinski definition) is 5. The van der Waals surface area contributed by atoms with Crippen LogP contribution in [0.25, 0.3) is 0 Å². The third-order valence-electron chi connectivity index (χ3n) is 2.73. The van der Waals surface area contributed by atoms with Crippen molar-refractivity contribution in [3.05, 3.63) is 23.8 Å². The van der Waals surface area contributed by atoms with Gasteiger partial charge in [0.2, 0.25) is 10.0 Å². The molecule has 1 aromatic rings. The Balaban J connectivity index is 2.62. The summed E-state index contributed by atoms with van der Waals surface area (Å²) in [7, 11) is -3.26. The van der Waals surface area contributed by atoms with Gasteiger partial charge in [0.05, 0.1) is 12.9 Å². The van der Waals surface area contributed by atoms with Gasteiger partial charge in [-0.25, -0.2) is 13.1 Å². The molecular formula is C14H24N2O4S. The highest BCUT2D eigenvalue weighted by Crippen LogP contribution is 2.29. The Morgan fingerprint density at radius 1 is 1.33 bits per heavy atom. The zero-order valence-corrected chi connectivity index (χ0v) is 13.8. The van der Waals surface area contributed by atoms with E-state index in [-0.39, 0.29) is 5.75 Å². The molecule has 0 atom stereocenters. The molecule has 7 heteroatoms. The first-order valence-electron chi connectivity index (χ1n) is 6.78. The van der Waals surface area contributed by atoms with E-state index in [0.717, 1.165) is 6.26 Å². The lowest BCUT2D eigenvalue weighted by atomic mass is 10.1. The van der Waals surface area contributed by atoms with Gasteiger partial charge in [-0.05, 0) is 26.8 Å². The van der Waals surface area contributed by atoms with Gasteiger partial charge in [-0.1, -0.05) is 12.1 Å². The maximum Gasteiger partial charge on any atom is 0.209 e. The Bertz CT molecular complexity index is 570. The van der Waals surface area contributed by atoms with Crippen molar-refractivity contribution in [2.75, 3.05) is 19.4 Å². The van der Waals surface area contributed by atoms with Crippen LogP contribution in [0.5, 0.6) is 11.5 Å². The van der Waals surface area contributed by atoms with Crippen LogP contribution < -0.4 is 14.8 Å². The standard InChI is InChI=1S/C14H24N2O4S/c1-5-20-12-8-6-7-11(13(12)17)9-15-10-14(2,3)16-21(4,18)19/h6-8,15-17H,5,9-10H2,1-4H3. The molecular weight excluding hydrogens is 292 g/mol. The molecule has 0 amide bonds. The summed E-state index contributed by atoms with van der Waals surface area (Å²) in [5, 5.41) is 13.2. The molecule has 21 heavy (non-hydrogen) atoms. The van der Waals surface area contributed by atoms with E-state index in [4.69, 9.17) is 4.74 Å². The maximum absolute atomic E-state index is 11.3. The molecule has 0 aliphatic heterocycles. The molecule has 0 saturated carbocycles. The fourth-order valence-electron chi connectivity index (χ4n) is 2.03. The van der Waals surface area contributed by atoms with E-state index in [1.165, 1.54) is 0 Å². The Morgan fingerprint density at radius 2 is 2.00 bits per heavy atom. The highest BCUT2D eigenvalue weighted by Gasteiger charge is 2.21. The minimum absolute atomic E-state index is 0.112. The molecule has 3 N–H and O–H groups in total. The van der Waals surface area contributed by atoms with Crippen LogP contribution in [0.2, 0.25) is 0 Å². The van der Waals surface area contributed by atoms with E-state index in [9.17, 15) is 13.5 Å². The highest BCUT2D eigenvalue weighted by molar-refractivity contribution is 7.88. The number of benzene rings is 1. The summed E-state index contributed by atoms with van der Waals surface area (Å²) in [6.07, 6.45) is 1.13. The zero-order chi connectivity index (χ0) is 16.1. The number of sulfonamides is 1. The van der Waals surface area contributed by atoms with Crippen LogP contribution in [0.4, 0.5) is 0 Å². The van der Waals surface area contributed by atoms with Crippen LogP contribution in [-0.2, 0) is 16.6 Å². The second kappa shape index (κ2) is 7.11. The molecule has 0 aliphatic carbocycles. The van der Waals surface area contributed by atoms with Crippen molar-refractivity contribution in [2.24, 2.45) is 0 Å². The molecule has 0 fully saturated rings. The van der Waals surface area contributed by atoms with Gasteiger partial charge in [-0.2, -0.15) is 0 Å². The van der Waals surface area contributed by atoms with Gasteiger partial charge in [-0.3, -0.25) is 0 Å². The average molecular weight is 316 g/mol. The molecule has 1 aromatic carbocycles. The van der Waals surface area contributed by atoms with E-state index in [2.05, 4.69) is 10.0 Å². The molecule has 0 unspecified atom stereocenters. The molecule has 0 aromatic heterocycles. The molecule has 0 saturated heterocycles. The Hall–Kier alpha value is -1.31. The van der Waals surface area contributed by atoms with Gasteiger partial charge >= 0.3 is 0 Å². The Labute approximate surface area is 126 Å². The fourth-order valence-corrected chi connectivity index (χ4v) is 3.11. The summed E-state index contributed by atoms with van der Waals surface area (Å²) >= 11 is 0. The molecule has 0 heterocycles. The van der Waals surface area contributed by atoms with Crippen molar-refractivity contribution in [1.29, 1.82) is 0 Å². The molecule has 120 valence electrons. The number of hydrogen-bond donors (Lipinski definition) is 3. The van der Waals surface area contributed by atoms with E-state index in [1.807, 2.05) is 13.0 Å². The number of para-hydroxylation sites is 1. The van der Waals surface area contributed by atoms with Crippen LogP contribution in [0, 0.1) is 0 Å². The van der Waals surface area contributed by atoms with Crippen molar-refractivity contribution in [2.45, 2.75) is 32.9 Å². The summed E-state index contributed by atoms with van der Waals surface area (Å²) < 4.78 is 30.4. The summed E-state index contributed by atoms with van der Waals surface area (Å²) in [6, 6.07) is 5.31. The lowest BCUT2D eigenvalue weighted by molar-refractivity contribution is 0.316. The maximum atomic E-state index is 11.3. The number of aromatic hydroxyl groups is 1. The van der Waals surface area contributed by atoms with E-state index < -0.39 is 15.6 Å². The smallest absolute Gasteiger partial charge is 0.209 e. The molecule has 1 rings (SSSR count). The van der Waals surface area contributed by atoms with Gasteiger partial charge in [0, 0.05) is 24.2 Å². The van der Waals surface area contributed by atoms with Gasteiger partial charge in [0.25, 0.3) is 0 Å². The number of phenols is 1. The summed E-state index contributed by atoms with van der Waals surface area (Å²) in [6.45, 7) is 6.76. The van der Waals surface area contributed by atoms with Crippen LogP contribution in [-0.4, -0.2) is 38.5 Å². The van der Waals surface area contributed by atoms with Crippen molar-refractivity contribution < 1.29 is 18.3 Å². The first kappa shape index (κ1) is 17.7. The third-order valence-corrected chi connectivity index (χ3v) is 3.65. The predicted octanol–water partition coefficient (Wildman–Crippen LogP) is 1.21. The molecule has 0 radical (unpaired) electrons. The van der Waals surface area contributed by atoms with E-state index in [1.54, 1.807) is 26.0 Å². The SMILES string of the molecule is CCOc1cccc(CNCC(C)(C)NS(C)(=O)=O)c1O. The largest absolute Gasteiger partial charge is 0.504 e. The first-order valence-corrected chi connectivity index (χ1v) is 8.67.